The summed E-state index contributed by atoms with van der Waals surface area (Å²) < 4.78 is 4.98. The van der Waals surface area contributed by atoms with Crippen LogP contribution in [0.15, 0.2) is 35.3 Å². The van der Waals surface area contributed by atoms with E-state index in [9.17, 15) is 4.79 Å². The highest BCUT2D eigenvalue weighted by Crippen LogP contribution is 2.03. The van der Waals surface area contributed by atoms with E-state index in [2.05, 4.69) is 10.3 Å². The summed E-state index contributed by atoms with van der Waals surface area (Å²) in [5, 5.41) is 2.93. The maximum absolute atomic E-state index is 11.2. The first-order valence-corrected chi connectivity index (χ1v) is 5.89. The first-order chi connectivity index (χ1) is 8.58. The molecule has 0 aromatic heterocycles. The Kier molecular flexibility index (Phi) is 5.70. The average molecular weight is 249 g/mol. The van der Waals surface area contributed by atoms with Crippen LogP contribution in [0.5, 0.6) is 0 Å². The van der Waals surface area contributed by atoms with Crippen LogP contribution in [0.2, 0.25) is 0 Å². The smallest absolute Gasteiger partial charge is 0.307 e. The van der Waals surface area contributed by atoms with Crippen molar-refractivity contribution in [2.75, 3.05) is 11.9 Å². The standard InChI is InChI=1S/C13H19N3O2/c1-10(2)18-12(17)8-9-15-13(14)16-11-6-4-3-5-7-11/h3-7,10H,8-9H2,1-2H3,(H3,14,15,16). The normalized spacial score (nSPS) is 11.4. The minimum Gasteiger partial charge on any atom is -0.463 e. The number of esters is 1. The summed E-state index contributed by atoms with van der Waals surface area (Å²) in [5.74, 6) is 0.0276. The number of anilines is 1. The molecule has 5 heteroatoms. The fourth-order valence-corrected chi connectivity index (χ4v) is 1.30. The summed E-state index contributed by atoms with van der Waals surface area (Å²) in [6, 6.07) is 9.48. The molecule has 0 aliphatic carbocycles. The first-order valence-electron chi connectivity index (χ1n) is 5.89. The van der Waals surface area contributed by atoms with Crippen LogP contribution in [-0.4, -0.2) is 24.6 Å². The molecule has 0 unspecified atom stereocenters. The van der Waals surface area contributed by atoms with Gasteiger partial charge in [-0.2, -0.15) is 0 Å². The Hall–Kier alpha value is -2.04. The van der Waals surface area contributed by atoms with E-state index in [1.165, 1.54) is 0 Å². The lowest BCUT2D eigenvalue weighted by molar-refractivity contribution is -0.147. The zero-order valence-corrected chi connectivity index (χ0v) is 10.7. The number of nitrogens with zero attached hydrogens (tertiary/aromatic N) is 1. The Bertz CT molecular complexity index is 402. The van der Waals surface area contributed by atoms with Gasteiger partial charge >= 0.3 is 5.97 Å². The second kappa shape index (κ2) is 7.32. The van der Waals surface area contributed by atoms with E-state index in [-0.39, 0.29) is 18.5 Å². The zero-order valence-electron chi connectivity index (χ0n) is 10.7. The number of benzene rings is 1. The van der Waals surface area contributed by atoms with Gasteiger partial charge in [-0.3, -0.25) is 9.79 Å². The number of rotatable bonds is 5. The monoisotopic (exact) mass is 249 g/mol. The number of nitrogens with two attached hydrogens (primary N) is 1. The first kappa shape index (κ1) is 14.0. The molecule has 0 amide bonds. The minimum atomic E-state index is -0.263. The second-order valence-electron chi connectivity index (χ2n) is 4.05. The Morgan fingerprint density at radius 1 is 1.39 bits per heavy atom. The van der Waals surface area contributed by atoms with Crippen molar-refractivity contribution in [1.29, 1.82) is 0 Å². The molecule has 18 heavy (non-hydrogen) atoms. The van der Waals surface area contributed by atoms with Gasteiger partial charge in [-0.25, -0.2) is 0 Å². The number of hydrogen-bond donors (Lipinski definition) is 2. The highest BCUT2D eigenvalue weighted by molar-refractivity contribution is 5.92. The molecule has 1 aromatic rings. The lowest BCUT2D eigenvalue weighted by Gasteiger charge is -2.07. The van der Waals surface area contributed by atoms with Gasteiger partial charge < -0.3 is 15.8 Å². The van der Waals surface area contributed by atoms with Crippen LogP contribution in [0.3, 0.4) is 0 Å². The molecule has 0 radical (unpaired) electrons. The number of carbonyl (C=O) groups excluding carboxylic acids is 1. The third-order valence-electron chi connectivity index (χ3n) is 2.01. The van der Waals surface area contributed by atoms with E-state index in [0.717, 1.165) is 5.69 Å². The molecule has 98 valence electrons. The summed E-state index contributed by atoms with van der Waals surface area (Å²) in [6.45, 7) is 3.94. The van der Waals surface area contributed by atoms with Crippen molar-refractivity contribution in [3.05, 3.63) is 30.3 Å². The maximum Gasteiger partial charge on any atom is 0.307 e. The van der Waals surface area contributed by atoms with Crippen molar-refractivity contribution < 1.29 is 9.53 Å². The third-order valence-corrected chi connectivity index (χ3v) is 2.01. The summed E-state index contributed by atoms with van der Waals surface area (Å²) in [7, 11) is 0. The van der Waals surface area contributed by atoms with E-state index in [4.69, 9.17) is 10.5 Å². The van der Waals surface area contributed by atoms with Crippen molar-refractivity contribution in [1.82, 2.24) is 0 Å². The van der Waals surface area contributed by atoms with E-state index in [1.54, 1.807) is 0 Å². The largest absolute Gasteiger partial charge is 0.463 e. The fraction of sp³-hybridized carbons (Fsp3) is 0.385. The average Bonchev–Trinajstić information content (AvgIpc) is 2.29. The number of nitrogens with one attached hydrogen (secondary N) is 1. The van der Waals surface area contributed by atoms with Crippen molar-refractivity contribution in [3.63, 3.8) is 0 Å². The molecule has 0 spiro atoms. The molecule has 1 rings (SSSR count). The van der Waals surface area contributed by atoms with Gasteiger partial charge in [0.2, 0.25) is 0 Å². The highest BCUT2D eigenvalue weighted by Gasteiger charge is 2.04. The summed E-state index contributed by atoms with van der Waals surface area (Å²) in [5.41, 5.74) is 6.54. The topological polar surface area (TPSA) is 76.7 Å². The predicted molar refractivity (Wildman–Crippen MR) is 72.4 cm³/mol. The van der Waals surface area contributed by atoms with Crippen LogP contribution in [-0.2, 0) is 9.53 Å². The van der Waals surface area contributed by atoms with E-state index in [0.29, 0.717) is 12.5 Å². The lowest BCUT2D eigenvalue weighted by Crippen LogP contribution is -2.23. The molecule has 0 atom stereocenters. The summed E-state index contributed by atoms with van der Waals surface area (Å²) in [4.78, 5) is 15.3. The van der Waals surface area contributed by atoms with E-state index < -0.39 is 0 Å². The van der Waals surface area contributed by atoms with Gasteiger partial charge in [-0.15, -0.1) is 0 Å². The van der Waals surface area contributed by atoms with Gasteiger partial charge in [-0.1, -0.05) is 18.2 Å². The number of para-hydroxylation sites is 1. The SMILES string of the molecule is CC(C)OC(=O)CCN=C(N)Nc1ccccc1. The second-order valence-corrected chi connectivity index (χ2v) is 4.05. The summed E-state index contributed by atoms with van der Waals surface area (Å²) in [6.07, 6.45) is 0.135. The van der Waals surface area contributed by atoms with E-state index >= 15 is 0 Å². The van der Waals surface area contributed by atoms with Gasteiger partial charge in [0.05, 0.1) is 19.1 Å². The van der Waals surface area contributed by atoms with Crippen LogP contribution < -0.4 is 11.1 Å². The molecule has 0 saturated carbocycles. The fourth-order valence-electron chi connectivity index (χ4n) is 1.30. The molecule has 0 aliphatic rings. The summed E-state index contributed by atoms with van der Waals surface area (Å²) >= 11 is 0. The zero-order chi connectivity index (χ0) is 13.4. The highest BCUT2D eigenvalue weighted by atomic mass is 16.5. The molecule has 0 fully saturated rings. The van der Waals surface area contributed by atoms with Gasteiger partial charge in [0.25, 0.3) is 0 Å². The van der Waals surface area contributed by atoms with Crippen molar-refractivity contribution in [2.45, 2.75) is 26.4 Å². The van der Waals surface area contributed by atoms with Crippen molar-refractivity contribution in [3.8, 4) is 0 Å². The van der Waals surface area contributed by atoms with Crippen molar-refractivity contribution in [2.24, 2.45) is 10.7 Å². The van der Waals surface area contributed by atoms with Crippen LogP contribution >= 0.6 is 0 Å². The van der Waals surface area contributed by atoms with Gasteiger partial charge in [0.15, 0.2) is 5.96 Å². The molecule has 1 aromatic carbocycles. The molecular formula is C13H19N3O2. The molecule has 0 bridgehead atoms. The molecule has 5 nitrogen and oxygen atoms in total. The minimum absolute atomic E-state index is 0.0960. The number of carbonyl (C=O) groups is 1. The molecule has 0 heterocycles. The Morgan fingerprint density at radius 2 is 2.06 bits per heavy atom. The number of ether oxygens (including phenoxy) is 1. The molecule has 0 aliphatic heterocycles. The van der Waals surface area contributed by atoms with Gasteiger partial charge in [-0.05, 0) is 26.0 Å². The van der Waals surface area contributed by atoms with Crippen LogP contribution in [0.25, 0.3) is 0 Å². The lowest BCUT2D eigenvalue weighted by atomic mass is 10.3. The van der Waals surface area contributed by atoms with Crippen molar-refractivity contribution >= 4 is 17.6 Å². The maximum atomic E-state index is 11.2. The molecule has 0 saturated heterocycles. The number of hydrogen-bond acceptors (Lipinski definition) is 3. The van der Waals surface area contributed by atoms with Gasteiger partial charge in [0, 0.05) is 5.69 Å². The molecule has 3 N–H and O–H groups in total. The predicted octanol–water partition coefficient (Wildman–Crippen LogP) is 1.75. The number of guanidine groups is 1. The van der Waals surface area contributed by atoms with Crippen LogP contribution in [0, 0.1) is 0 Å². The molecular weight excluding hydrogens is 230 g/mol. The Morgan fingerprint density at radius 3 is 2.67 bits per heavy atom. The number of aliphatic imine (C=N–C) groups is 1. The van der Waals surface area contributed by atoms with Crippen LogP contribution in [0.4, 0.5) is 5.69 Å². The third kappa shape index (κ3) is 5.89. The Labute approximate surface area is 107 Å². The van der Waals surface area contributed by atoms with Crippen LogP contribution in [0.1, 0.15) is 20.3 Å². The van der Waals surface area contributed by atoms with E-state index in [1.807, 2.05) is 44.2 Å². The Balaban J connectivity index is 2.32. The van der Waals surface area contributed by atoms with Gasteiger partial charge in [0.1, 0.15) is 0 Å². The quantitative estimate of drug-likeness (QED) is 0.473.